The van der Waals surface area contributed by atoms with Crippen LogP contribution in [-0.4, -0.2) is 29.0 Å². The van der Waals surface area contributed by atoms with E-state index in [9.17, 15) is 9.59 Å². The molecule has 5 heteroatoms. The summed E-state index contributed by atoms with van der Waals surface area (Å²) < 4.78 is 0. The normalized spacial score (nSPS) is 9.95. The van der Waals surface area contributed by atoms with Crippen molar-refractivity contribution in [1.82, 2.24) is 10.3 Å². The Bertz CT molecular complexity index is 638. The van der Waals surface area contributed by atoms with Crippen LogP contribution in [0, 0.1) is 0 Å². The zero-order chi connectivity index (χ0) is 13.8. The SMILES string of the molecule is CNC(=O)c1cccc(-c2ncccc2C(=O)O)c1. The molecule has 0 radical (unpaired) electrons. The van der Waals surface area contributed by atoms with Crippen molar-refractivity contribution in [2.24, 2.45) is 0 Å². The average Bonchev–Trinajstić information content (AvgIpc) is 2.46. The van der Waals surface area contributed by atoms with Crippen LogP contribution in [0.15, 0.2) is 42.6 Å². The van der Waals surface area contributed by atoms with E-state index >= 15 is 0 Å². The largest absolute Gasteiger partial charge is 0.478 e. The highest BCUT2D eigenvalue weighted by Crippen LogP contribution is 2.22. The quantitative estimate of drug-likeness (QED) is 0.877. The van der Waals surface area contributed by atoms with Gasteiger partial charge in [-0.3, -0.25) is 9.78 Å². The van der Waals surface area contributed by atoms with Crippen molar-refractivity contribution in [3.63, 3.8) is 0 Å². The number of amides is 1. The molecule has 1 aromatic carbocycles. The van der Waals surface area contributed by atoms with Gasteiger partial charge in [-0.05, 0) is 24.3 Å². The first-order valence-corrected chi connectivity index (χ1v) is 5.64. The fourth-order valence-corrected chi connectivity index (χ4v) is 1.76. The second kappa shape index (κ2) is 5.30. The third-order valence-electron chi connectivity index (χ3n) is 2.66. The third-order valence-corrected chi connectivity index (χ3v) is 2.66. The van der Waals surface area contributed by atoms with Crippen molar-refractivity contribution in [3.8, 4) is 11.3 Å². The highest BCUT2D eigenvalue weighted by Gasteiger charge is 2.13. The third kappa shape index (κ3) is 2.60. The van der Waals surface area contributed by atoms with E-state index in [1.165, 1.54) is 12.3 Å². The van der Waals surface area contributed by atoms with E-state index in [0.29, 0.717) is 16.8 Å². The summed E-state index contributed by atoms with van der Waals surface area (Å²) in [6.45, 7) is 0. The number of rotatable bonds is 3. The van der Waals surface area contributed by atoms with Gasteiger partial charge in [-0.1, -0.05) is 12.1 Å². The Hall–Kier alpha value is -2.69. The van der Waals surface area contributed by atoms with Crippen LogP contribution >= 0.6 is 0 Å². The van der Waals surface area contributed by atoms with Crippen LogP contribution in [0.25, 0.3) is 11.3 Å². The number of nitrogens with one attached hydrogen (secondary N) is 1. The maximum absolute atomic E-state index is 11.6. The zero-order valence-electron chi connectivity index (χ0n) is 10.3. The molecule has 1 amide bonds. The van der Waals surface area contributed by atoms with Gasteiger partial charge in [0, 0.05) is 24.4 Å². The molecule has 2 N–H and O–H groups in total. The van der Waals surface area contributed by atoms with Crippen molar-refractivity contribution in [2.75, 3.05) is 7.05 Å². The van der Waals surface area contributed by atoms with Crippen molar-refractivity contribution >= 4 is 11.9 Å². The van der Waals surface area contributed by atoms with Gasteiger partial charge >= 0.3 is 5.97 Å². The van der Waals surface area contributed by atoms with Gasteiger partial charge in [0.1, 0.15) is 0 Å². The first kappa shape index (κ1) is 12.8. The molecule has 0 saturated carbocycles. The van der Waals surface area contributed by atoms with Crippen molar-refractivity contribution in [1.29, 1.82) is 0 Å². The molecule has 0 aliphatic rings. The second-order valence-electron chi connectivity index (χ2n) is 3.86. The number of carbonyl (C=O) groups is 2. The Morgan fingerprint density at radius 3 is 2.68 bits per heavy atom. The molecule has 0 bridgehead atoms. The Labute approximate surface area is 109 Å². The number of carboxylic acid groups (broad SMARTS) is 1. The summed E-state index contributed by atoms with van der Waals surface area (Å²) in [6, 6.07) is 9.74. The van der Waals surface area contributed by atoms with E-state index in [1.807, 2.05) is 0 Å². The number of benzene rings is 1. The highest BCUT2D eigenvalue weighted by molar-refractivity contribution is 5.97. The molecule has 0 atom stereocenters. The summed E-state index contributed by atoms with van der Waals surface area (Å²) in [7, 11) is 1.54. The molecule has 19 heavy (non-hydrogen) atoms. The fourth-order valence-electron chi connectivity index (χ4n) is 1.76. The summed E-state index contributed by atoms with van der Waals surface area (Å²) >= 11 is 0. The average molecular weight is 256 g/mol. The smallest absolute Gasteiger partial charge is 0.337 e. The molecule has 0 unspecified atom stereocenters. The monoisotopic (exact) mass is 256 g/mol. The van der Waals surface area contributed by atoms with Crippen molar-refractivity contribution < 1.29 is 14.7 Å². The first-order valence-electron chi connectivity index (χ1n) is 5.64. The van der Waals surface area contributed by atoms with Crippen molar-refractivity contribution in [3.05, 3.63) is 53.7 Å². The van der Waals surface area contributed by atoms with E-state index in [1.54, 1.807) is 37.4 Å². The van der Waals surface area contributed by atoms with Gasteiger partial charge in [0.25, 0.3) is 5.91 Å². The lowest BCUT2D eigenvalue weighted by Gasteiger charge is -2.06. The minimum atomic E-state index is -1.05. The molecule has 0 saturated heterocycles. The van der Waals surface area contributed by atoms with Gasteiger partial charge in [0.15, 0.2) is 0 Å². The van der Waals surface area contributed by atoms with E-state index in [0.717, 1.165) is 0 Å². The maximum atomic E-state index is 11.6. The number of aromatic nitrogens is 1. The van der Waals surface area contributed by atoms with Gasteiger partial charge in [0.2, 0.25) is 0 Å². The van der Waals surface area contributed by atoms with Crippen LogP contribution in [0.3, 0.4) is 0 Å². The maximum Gasteiger partial charge on any atom is 0.337 e. The molecule has 5 nitrogen and oxygen atoms in total. The minimum Gasteiger partial charge on any atom is -0.478 e. The van der Waals surface area contributed by atoms with Crippen LogP contribution in [0.4, 0.5) is 0 Å². The lowest BCUT2D eigenvalue weighted by Crippen LogP contribution is -2.17. The molecule has 0 fully saturated rings. The van der Waals surface area contributed by atoms with Crippen LogP contribution in [0.1, 0.15) is 20.7 Å². The standard InChI is InChI=1S/C14H12N2O3/c1-15-13(17)10-5-2-4-9(8-10)12-11(14(18)19)6-3-7-16-12/h2-8H,1H3,(H,15,17)(H,18,19). The van der Waals surface area contributed by atoms with E-state index in [2.05, 4.69) is 10.3 Å². The van der Waals surface area contributed by atoms with Gasteiger partial charge in [-0.2, -0.15) is 0 Å². The number of hydrogen-bond donors (Lipinski definition) is 2. The van der Waals surface area contributed by atoms with Crippen molar-refractivity contribution in [2.45, 2.75) is 0 Å². The highest BCUT2D eigenvalue weighted by atomic mass is 16.4. The first-order chi connectivity index (χ1) is 9.13. The minimum absolute atomic E-state index is 0.108. The molecular weight excluding hydrogens is 244 g/mol. The number of hydrogen-bond acceptors (Lipinski definition) is 3. The predicted octanol–water partition coefficient (Wildman–Crippen LogP) is 1.81. The second-order valence-corrected chi connectivity index (χ2v) is 3.86. The number of pyridine rings is 1. The van der Waals surface area contributed by atoms with Crippen LogP contribution < -0.4 is 5.32 Å². The number of carboxylic acids is 1. The molecule has 0 aliphatic carbocycles. The molecule has 1 aromatic heterocycles. The predicted molar refractivity (Wildman–Crippen MR) is 70.0 cm³/mol. The van der Waals surface area contributed by atoms with E-state index < -0.39 is 5.97 Å². The summed E-state index contributed by atoms with van der Waals surface area (Å²) in [5, 5.41) is 11.7. The fraction of sp³-hybridized carbons (Fsp3) is 0.0714. The molecule has 2 rings (SSSR count). The number of nitrogens with zero attached hydrogens (tertiary/aromatic N) is 1. The molecule has 96 valence electrons. The Kier molecular flexibility index (Phi) is 3.56. The Morgan fingerprint density at radius 1 is 1.21 bits per heavy atom. The van der Waals surface area contributed by atoms with Crippen LogP contribution in [0.5, 0.6) is 0 Å². The topological polar surface area (TPSA) is 79.3 Å². The lowest BCUT2D eigenvalue weighted by molar-refractivity contribution is 0.0697. The van der Waals surface area contributed by atoms with Crippen LogP contribution in [-0.2, 0) is 0 Å². The van der Waals surface area contributed by atoms with Crippen LogP contribution in [0.2, 0.25) is 0 Å². The molecular formula is C14H12N2O3. The molecule has 0 aliphatic heterocycles. The number of carbonyl (C=O) groups excluding carboxylic acids is 1. The van der Waals surface area contributed by atoms with Gasteiger partial charge in [-0.15, -0.1) is 0 Å². The summed E-state index contributed by atoms with van der Waals surface area (Å²) in [4.78, 5) is 26.8. The van der Waals surface area contributed by atoms with E-state index in [4.69, 9.17) is 5.11 Å². The van der Waals surface area contributed by atoms with Gasteiger partial charge < -0.3 is 10.4 Å². The van der Waals surface area contributed by atoms with Gasteiger partial charge in [-0.25, -0.2) is 4.79 Å². The summed E-state index contributed by atoms with van der Waals surface area (Å²) in [5.74, 6) is -1.27. The summed E-state index contributed by atoms with van der Waals surface area (Å²) in [5.41, 5.74) is 1.51. The Balaban J connectivity index is 2.54. The molecule has 0 spiro atoms. The van der Waals surface area contributed by atoms with Gasteiger partial charge in [0.05, 0.1) is 11.3 Å². The Morgan fingerprint density at radius 2 is 2.00 bits per heavy atom. The zero-order valence-corrected chi connectivity index (χ0v) is 10.3. The lowest BCUT2D eigenvalue weighted by atomic mass is 10.0. The molecule has 1 heterocycles. The van der Waals surface area contributed by atoms with E-state index in [-0.39, 0.29) is 11.5 Å². The summed E-state index contributed by atoms with van der Waals surface area (Å²) in [6.07, 6.45) is 1.52. The number of aromatic carboxylic acids is 1. The molecule has 2 aromatic rings.